The maximum Gasteiger partial charge on any atom is 0.161 e. The molecular formula is C18H27NO2. The fraction of sp³-hybridized carbons (Fsp3) is 0.667. The minimum absolute atomic E-state index is 0.422. The van der Waals surface area contributed by atoms with Crippen molar-refractivity contribution in [2.75, 3.05) is 20.3 Å². The SMILES string of the molecule is CNC(CC1CCCCC1)c1ccc2c(c1)OCCCO2. The zero-order valence-electron chi connectivity index (χ0n) is 13.1. The molecule has 1 aliphatic carbocycles. The number of benzene rings is 1. The van der Waals surface area contributed by atoms with Crippen molar-refractivity contribution in [3.8, 4) is 11.5 Å². The van der Waals surface area contributed by atoms with Gasteiger partial charge < -0.3 is 14.8 Å². The highest BCUT2D eigenvalue weighted by Gasteiger charge is 2.20. The second-order valence-electron chi connectivity index (χ2n) is 6.34. The van der Waals surface area contributed by atoms with Gasteiger partial charge in [-0.05, 0) is 37.1 Å². The summed E-state index contributed by atoms with van der Waals surface area (Å²) in [6.45, 7) is 1.51. The van der Waals surface area contributed by atoms with Crippen molar-refractivity contribution >= 4 is 0 Å². The van der Waals surface area contributed by atoms with Crippen LogP contribution in [0.3, 0.4) is 0 Å². The van der Waals surface area contributed by atoms with Gasteiger partial charge >= 0.3 is 0 Å². The van der Waals surface area contributed by atoms with Crippen LogP contribution < -0.4 is 14.8 Å². The van der Waals surface area contributed by atoms with E-state index in [2.05, 4.69) is 30.6 Å². The summed E-state index contributed by atoms with van der Waals surface area (Å²) in [7, 11) is 2.07. The third-order valence-electron chi connectivity index (χ3n) is 4.82. The van der Waals surface area contributed by atoms with E-state index in [0.29, 0.717) is 6.04 Å². The summed E-state index contributed by atoms with van der Waals surface area (Å²) >= 11 is 0. The maximum atomic E-state index is 5.82. The van der Waals surface area contributed by atoms with Crippen molar-refractivity contribution in [2.45, 2.75) is 51.0 Å². The van der Waals surface area contributed by atoms with Gasteiger partial charge in [0.2, 0.25) is 0 Å². The molecule has 3 heteroatoms. The van der Waals surface area contributed by atoms with Crippen LogP contribution in [0.1, 0.15) is 56.6 Å². The summed E-state index contributed by atoms with van der Waals surface area (Å²) in [6, 6.07) is 6.86. The van der Waals surface area contributed by atoms with Crippen LogP contribution in [0.5, 0.6) is 11.5 Å². The first-order valence-corrected chi connectivity index (χ1v) is 8.43. The Bertz CT molecular complexity index is 455. The molecule has 0 aromatic heterocycles. The summed E-state index contributed by atoms with van der Waals surface area (Å²) in [5, 5.41) is 3.49. The molecular weight excluding hydrogens is 262 g/mol. The summed E-state index contributed by atoms with van der Waals surface area (Å²) in [4.78, 5) is 0. The Kier molecular flexibility index (Phi) is 5.02. The lowest BCUT2D eigenvalue weighted by Gasteiger charge is -2.27. The first kappa shape index (κ1) is 14.7. The molecule has 3 rings (SSSR count). The van der Waals surface area contributed by atoms with Crippen LogP contribution in [-0.2, 0) is 0 Å². The van der Waals surface area contributed by atoms with Gasteiger partial charge in [0.25, 0.3) is 0 Å². The molecule has 0 radical (unpaired) electrons. The molecule has 21 heavy (non-hydrogen) atoms. The third kappa shape index (κ3) is 3.70. The molecule has 0 spiro atoms. The number of hydrogen-bond donors (Lipinski definition) is 1. The second-order valence-corrected chi connectivity index (χ2v) is 6.34. The molecule has 1 atom stereocenters. The molecule has 1 N–H and O–H groups in total. The fourth-order valence-corrected chi connectivity index (χ4v) is 3.57. The van der Waals surface area contributed by atoms with E-state index < -0.39 is 0 Å². The van der Waals surface area contributed by atoms with Gasteiger partial charge in [0.1, 0.15) is 0 Å². The molecule has 0 amide bonds. The van der Waals surface area contributed by atoms with Crippen molar-refractivity contribution in [2.24, 2.45) is 5.92 Å². The standard InChI is InChI=1S/C18H27NO2/c1-19-16(12-14-6-3-2-4-7-14)15-8-9-17-18(13-15)21-11-5-10-20-17/h8-9,13-14,16,19H,2-7,10-12H2,1H3. The monoisotopic (exact) mass is 289 g/mol. The predicted molar refractivity (Wildman–Crippen MR) is 85.0 cm³/mol. The van der Waals surface area contributed by atoms with E-state index in [1.165, 1.54) is 44.1 Å². The molecule has 1 unspecified atom stereocenters. The summed E-state index contributed by atoms with van der Waals surface area (Å²) < 4.78 is 11.5. The van der Waals surface area contributed by atoms with E-state index >= 15 is 0 Å². The van der Waals surface area contributed by atoms with Gasteiger partial charge in [0, 0.05) is 12.5 Å². The highest BCUT2D eigenvalue weighted by atomic mass is 16.5. The van der Waals surface area contributed by atoms with Crippen LogP contribution >= 0.6 is 0 Å². The quantitative estimate of drug-likeness (QED) is 0.906. The van der Waals surface area contributed by atoms with Gasteiger partial charge in [0.05, 0.1) is 13.2 Å². The molecule has 3 nitrogen and oxygen atoms in total. The molecule has 1 saturated carbocycles. The highest BCUT2D eigenvalue weighted by molar-refractivity contribution is 5.44. The molecule has 1 fully saturated rings. The molecule has 1 heterocycles. The third-order valence-corrected chi connectivity index (χ3v) is 4.82. The molecule has 2 aliphatic rings. The Morgan fingerprint density at radius 3 is 2.57 bits per heavy atom. The maximum absolute atomic E-state index is 5.82. The summed E-state index contributed by atoms with van der Waals surface area (Å²) in [5.74, 6) is 2.67. The van der Waals surface area contributed by atoms with Gasteiger partial charge in [-0.2, -0.15) is 0 Å². The molecule has 1 aromatic rings. The topological polar surface area (TPSA) is 30.5 Å². The molecule has 1 aromatic carbocycles. The van der Waals surface area contributed by atoms with Crippen LogP contribution in [0.4, 0.5) is 0 Å². The Labute approximate surface area is 128 Å². The average Bonchev–Trinajstić information content (AvgIpc) is 2.78. The molecule has 0 saturated heterocycles. The van der Waals surface area contributed by atoms with Crippen molar-refractivity contribution in [3.63, 3.8) is 0 Å². The summed E-state index contributed by atoms with van der Waals surface area (Å²) in [6.07, 6.45) is 9.21. The lowest BCUT2D eigenvalue weighted by Crippen LogP contribution is -2.21. The fourth-order valence-electron chi connectivity index (χ4n) is 3.57. The smallest absolute Gasteiger partial charge is 0.161 e. The van der Waals surface area contributed by atoms with Gasteiger partial charge in [-0.25, -0.2) is 0 Å². The van der Waals surface area contributed by atoms with Crippen LogP contribution in [-0.4, -0.2) is 20.3 Å². The highest BCUT2D eigenvalue weighted by Crippen LogP contribution is 2.36. The van der Waals surface area contributed by atoms with Crippen LogP contribution in [0.15, 0.2) is 18.2 Å². The van der Waals surface area contributed by atoms with E-state index in [0.717, 1.165) is 37.1 Å². The van der Waals surface area contributed by atoms with Crippen molar-refractivity contribution in [1.29, 1.82) is 0 Å². The Morgan fingerprint density at radius 2 is 1.81 bits per heavy atom. The molecule has 0 bridgehead atoms. The number of ether oxygens (including phenoxy) is 2. The van der Waals surface area contributed by atoms with Gasteiger partial charge in [-0.3, -0.25) is 0 Å². The van der Waals surface area contributed by atoms with Gasteiger partial charge in [-0.15, -0.1) is 0 Å². The molecule has 1 aliphatic heterocycles. The first-order valence-electron chi connectivity index (χ1n) is 8.43. The van der Waals surface area contributed by atoms with E-state index in [1.807, 2.05) is 0 Å². The Morgan fingerprint density at radius 1 is 1.05 bits per heavy atom. The average molecular weight is 289 g/mol. The van der Waals surface area contributed by atoms with Gasteiger partial charge in [-0.1, -0.05) is 38.2 Å². The van der Waals surface area contributed by atoms with E-state index in [-0.39, 0.29) is 0 Å². The summed E-state index contributed by atoms with van der Waals surface area (Å²) in [5.41, 5.74) is 1.33. The minimum Gasteiger partial charge on any atom is -0.490 e. The zero-order chi connectivity index (χ0) is 14.5. The van der Waals surface area contributed by atoms with Crippen molar-refractivity contribution in [1.82, 2.24) is 5.32 Å². The van der Waals surface area contributed by atoms with Crippen LogP contribution in [0.2, 0.25) is 0 Å². The first-order chi connectivity index (χ1) is 10.4. The van der Waals surface area contributed by atoms with Crippen molar-refractivity contribution in [3.05, 3.63) is 23.8 Å². The largest absolute Gasteiger partial charge is 0.490 e. The normalized spacial score (nSPS) is 20.8. The number of fused-ring (bicyclic) bond motifs is 1. The predicted octanol–water partition coefficient (Wildman–Crippen LogP) is 4.08. The Balaban J connectivity index is 1.72. The minimum atomic E-state index is 0.422. The number of hydrogen-bond acceptors (Lipinski definition) is 3. The number of rotatable bonds is 4. The van der Waals surface area contributed by atoms with E-state index in [9.17, 15) is 0 Å². The van der Waals surface area contributed by atoms with Gasteiger partial charge in [0.15, 0.2) is 11.5 Å². The van der Waals surface area contributed by atoms with E-state index in [4.69, 9.17) is 9.47 Å². The second kappa shape index (κ2) is 7.17. The number of nitrogens with one attached hydrogen (secondary N) is 1. The molecule has 116 valence electrons. The van der Waals surface area contributed by atoms with Crippen LogP contribution in [0, 0.1) is 5.92 Å². The van der Waals surface area contributed by atoms with E-state index in [1.54, 1.807) is 0 Å². The lowest BCUT2D eigenvalue weighted by molar-refractivity contribution is 0.296. The zero-order valence-corrected chi connectivity index (χ0v) is 13.1. The lowest BCUT2D eigenvalue weighted by atomic mass is 9.83. The Hall–Kier alpha value is -1.22. The van der Waals surface area contributed by atoms with Crippen molar-refractivity contribution < 1.29 is 9.47 Å². The van der Waals surface area contributed by atoms with Crippen LogP contribution in [0.25, 0.3) is 0 Å².